The first-order valence-electron chi connectivity index (χ1n) is 5.45. The molecule has 1 aromatic carbocycles. The predicted molar refractivity (Wildman–Crippen MR) is 69.2 cm³/mol. The van der Waals surface area contributed by atoms with Crippen LogP contribution in [0.15, 0.2) is 24.3 Å². The standard InChI is InChI=1S/C13H16N2O2/c1-15(2,3)10-6-5-9-7-12(13(16)17-4)14-11(9)8-10/h5-8H,1-4H3/p+1. The Hall–Kier alpha value is -1.81. The average Bonchev–Trinajstić information content (AvgIpc) is 2.69. The number of fused-ring (bicyclic) bond motifs is 1. The molecule has 0 radical (unpaired) electrons. The third kappa shape index (κ3) is 2.17. The second-order valence-electron chi connectivity index (χ2n) is 4.96. The molecule has 0 aliphatic heterocycles. The van der Waals surface area contributed by atoms with Crippen molar-refractivity contribution < 1.29 is 9.53 Å². The topological polar surface area (TPSA) is 42.1 Å². The number of H-pyrrole nitrogens is 1. The van der Waals surface area contributed by atoms with E-state index >= 15 is 0 Å². The summed E-state index contributed by atoms with van der Waals surface area (Å²) in [7, 11) is 7.69. The first kappa shape index (κ1) is 11.7. The third-order valence-electron chi connectivity index (χ3n) is 2.79. The molecule has 1 aromatic heterocycles. The summed E-state index contributed by atoms with van der Waals surface area (Å²) >= 11 is 0. The lowest BCUT2D eigenvalue weighted by atomic mass is 10.2. The molecule has 1 heterocycles. The lowest BCUT2D eigenvalue weighted by Gasteiger charge is -2.23. The van der Waals surface area contributed by atoms with Gasteiger partial charge < -0.3 is 9.72 Å². The zero-order valence-corrected chi connectivity index (χ0v) is 10.6. The molecule has 4 nitrogen and oxygen atoms in total. The fraction of sp³-hybridized carbons (Fsp3) is 0.308. The highest BCUT2D eigenvalue weighted by Gasteiger charge is 2.15. The van der Waals surface area contributed by atoms with Crippen LogP contribution in [-0.2, 0) is 4.74 Å². The van der Waals surface area contributed by atoms with Gasteiger partial charge in [-0.1, -0.05) is 0 Å². The number of methoxy groups -OCH3 is 1. The van der Waals surface area contributed by atoms with E-state index in [0.717, 1.165) is 15.4 Å². The minimum Gasteiger partial charge on any atom is -0.464 e. The number of nitrogens with zero attached hydrogens (tertiary/aromatic N) is 1. The van der Waals surface area contributed by atoms with E-state index < -0.39 is 0 Å². The molecule has 0 saturated carbocycles. The number of hydrogen-bond donors (Lipinski definition) is 1. The highest BCUT2D eigenvalue weighted by atomic mass is 16.5. The van der Waals surface area contributed by atoms with Crippen LogP contribution in [0.5, 0.6) is 0 Å². The monoisotopic (exact) mass is 233 g/mol. The van der Waals surface area contributed by atoms with Crippen molar-refractivity contribution >= 4 is 22.6 Å². The lowest BCUT2D eigenvalue weighted by molar-refractivity contribution is 0.0595. The summed E-state index contributed by atoms with van der Waals surface area (Å²) in [4.78, 5) is 14.5. The van der Waals surface area contributed by atoms with E-state index in [4.69, 9.17) is 0 Å². The van der Waals surface area contributed by atoms with Gasteiger partial charge in [-0.05, 0) is 18.2 Å². The van der Waals surface area contributed by atoms with Crippen molar-refractivity contribution in [1.82, 2.24) is 9.47 Å². The van der Waals surface area contributed by atoms with Crippen molar-refractivity contribution in [2.45, 2.75) is 0 Å². The van der Waals surface area contributed by atoms with Gasteiger partial charge >= 0.3 is 5.97 Å². The second kappa shape index (κ2) is 3.89. The second-order valence-corrected chi connectivity index (χ2v) is 4.96. The van der Waals surface area contributed by atoms with Gasteiger partial charge in [-0.15, -0.1) is 0 Å². The Morgan fingerprint density at radius 1 is 1.24 bits per heavy atom. The molecule has 2 aromatic rings. The van der Waals surface area contributed by atoms with Crippen molar-refractivity contribution in [3.05, 3.63) is 30.0 Å². The lowest BCUT2D eigenvalue weighted by Crippen LogP contribution is -2.34. The van der Waals surface area contributed by atoms with Crippen LogP contribution in [0.2, 0.25) is 0 Å². The zero-order valence-electron chi connectivity index (χ0n) is 10.6. The van der Waals surface area contributed by atoms with Gasteiger partial charge in [0.1, 0.15) is 11.4 Å². The number of carbonyl (C=O) groups excluding carboxylic acids is 1. The molecule has 17 heavy (non-hydrogen) atoms. The average molecular weight is 233 g/mol. The molecule has 2 rings (SSSR count). The number of ether oxygens (including phenoxy) is 1. The molecule has 0 amide bonds. The number of aromatic nitrogens is 1. The minimum absolute atomic E-state index is 0.340. The Labute approximate surface area is 100 Å². The molecule has 0 bridgehead atoms. The predicted octanol–water partition coefficient (Wildman–Crippen LogP) is 2.15. The Kier molecular flexibility index (Phi) is 2.67. The number of nitrogens with one attached hydrogen (secondary N) is 1. The van der Waals surface area contributed by atoms with Gasteiger partial charge in [-0.3, -0.25) is 4.48 Å². The van der Waals surface area contributed by atoms with Crippen LogP contribution in [-0.4, -0.2) is 39.2 Å². The Bertz CT molecular complexity index is 564. The number of esters is 1. The van der Waals surface area contributed by atoms with E-state index in [1.165, 1.54) is 12.8 Å². The van der Waals surface area contributed by atoms with Crippen LogP contribution < -0.4 is 4.48 Å². The molecular weight excluding hydrogens is 216 g/mol. The largest absolute Gasteiger partial charge is 0.464 e. The molecule has 0 unspecified atom stereocenters. The maximum Gasteiger partial charge on any atom is 0.354 e. The van der Waals surface area contributed by atoms with Gasteiger partial charge in [0.25, 0.3) is 0 Å². The molecule has 4 heteroatoms. The molecular formula is C13H17N2O2+. The molecule has 0 atom stereocenters. The van der Waals surface area contributed by atoms with Crippen LogP contribution in [0, 0.1) is 0 Å². The van der Waals surface area contributed by atoms with Gasteiger partial charge in [0.2, 0.25) is 0 Å². The van der Waals surface area contributed by atoms with E-state index in [2.05, 4.69) is 43.0 Å². The van der Waals surface area contributed by atoms with Crippen molar-refractivity contribution in [3.8, 4) is 0 Å². The highest BCUT2D eigenvalue weighted by Crippen LogP contribution is 2.24. The maximum atomic E-state index is 11.4. The zero-order chi connectivity index (χ0) is 12.6. The fourth-order valence-corrected chi connectivity index (χ4v) is 1.75. The molecule has 0 fully saturated rings. The maximum absolute atomic E-state index is 11.4. The van der Waals surface area contributed by atoms with Crippen molar-refractivity contribution in [2.75, 3.05) is 28.3 Å². The summed E-state index contributed by atoms with van der Waals surface area (Å²) in [5, 5.41) is 1.02. The van der Waals surface area contributed by atoms with Gasteiger partial charge in [-0.25, -0.2) is 4.79 Å². The van der Waals surface area contributed by atoms with Gasteiger partial charge in [-0.2, -0.15) is 0 Å². The minimum atomic E-state index is -0.340. The molecule has 0 saturated heterocycles. The molecule has 1 N–H and O–H groups in total. The van der Waals surface area contributed by atoms with Gasteiger partial charge in [0.05, 0.1) is 33.8 Å². The van der Waals surface area contributed by atoms with E-state index in [1.54, 1.807) is 6.07 Å². The first-order valence-corrected chi connectivity index (χ1v) is 5.45. The number of quaternary nitrogens is 1. The molecule has 0 aliphatic carbocycles. The number of aromatic amines is 1. The van der Waals surface area contributed by atoms with Crippen LogP contribution in [0.25, 0.3) is 10.9 Å². The van der Waals surface area contributed by atoms with E-state index in [-0.39, 0.29) is 5.97 Å². The third-order valence-corrected chi connectivity index (χ3v) is 2.79. The fourth-order valence-electron chi connectivity index (χ4n) is 1.75. The van der Waals surface area contributed by atoms with Crippen molar-refractivity contribution in [2.24, 2.45) is 0 Å². The summed E-state index contributed by atoms with van der Waals surface area (Å²) < 4.78 is 5.43. The quantitative estimate of drug-likeness (QED) is 0.638. The smallest absolute Gasteiger partial charge is 0.354 e. The van der Waals surface area contributed by atoms with Crippen LogP contribution in [0.3, 0.4) is 0 Å². The summed E-state index contributed by atoms with van der Waals surface area (Å²) in [6.07, 6.45) is 0. The summed E-state index contributed by atoms with van der Waals surface area (Å²) in [6.45, 7) is 0. The Morgan fingerprint density at radius 3 is 2.53 bits per heavy atom. The van der Waals surface area contributed by atoms with E-state index in [9.17, 15) is 4.79 Å². The molecule has 0 aliphatic rings. The van der Waals surface area contributed by atoms with Crippen LogP contribution >= 0.6 is 0 Å². The SMILES string of the molecule is COC(=O)c1cc2ccc([N+](C)(C)C)cc2[nH]1. The normalized spacial score (nSPS) is 11.8. The summed E-state index contributed by atoms with van der Waals surface area (Å²) in [5.74, 6) is -0.340. The van der Waals surface area contributed by atoms with Crippen LogP contribution in [0.4, 0.5) is 5.69 Å². The van der Waals surface area contributed by atoms with Gasteiger partial charge in [0.15, 0.2) is 0 Å². The molecule has 0 spiro atoms. The van der Waals surface area contributed by atoms with E-state index in [1.807, 2.05) is 6.07 Å². The van der Waals surface area contributed by atoms with E-state index in [0.29, 0.717) is 5.69 Å². The summed E-state index contributed by atoms with van der Waals surface area (Å²) in [5.41, 5.74) is 2.62. The number of rotatable bonds is 2. The first-order chi connectivity index (χ1) is 7.91. The Morgan fingerprint density at radius 2 is 1.94 bits per heavy atom. The van der Waals surface area contributed by atoms with Crippen molar-refractivity contribution in [1.29, 1.82) is 0 Å². The van der Waals surface area contributed by atoms with Crippen LogP contribution in [0.1, 0.15) is 10.5 Å². The number of hydrogen-bond acceptors (Lipinski definition) is 2. The summed E-state index contributed by atoms with van der Waals surface area (Å²) in [6, 6.07) is 7.94. The Balaban J connectivity index is 2.52. The number of carbonyl (C=O) groups is 1. The number of benzene rings is 1. The van der Waals surface area contributed by atoms with Crippen molar-refractivity contribution in [3.63, 3.8) is 0 Å². The van der Waals surface area contributed by atoms with Gasteiger partial charge in [0, 0.05) is 11.5 Å². The molecule has 90 valence electrons. The highest BCUT2D eigenvalue weighted by molar-refractivity contribution is 5.95.